The first-order chi connectivity index (χ1) is 10.8. The molecule has 6 heteroatoms. The number of pyridine rings is 1. The fourth-order valence-corrected chi connectivity index (χ4v) is 2.98. The van der Waals surface area contributed by atoms with Gasteiger partial charge in [0.1, 0.15) is 5.60 Å². The molecule has 1 fully saturated rings. The van der Waals surface area contributed by atoms with Gasteiger partial charge in [-0.25, -0.2) is 4.79 Å². The average Bonchev–Trinajstić information content (AvgIpc) is 2.46. The van der Waals surface area contributed by atoms with Crippen molar-refractivity contribution >= 4 is 22.0 Å². The van der Waals surface area contributed by atoms with Gasteiger partial charge in [0.05, 0.1) is 5.69 Å². The van der Waals surface area contributed by atoms with Gasteiger partial charge in [-0.05, 0) is 68.6 Å². The molecule has 2 atom stereocenters. The molecule has 0 aromatic carbocycles. The first-order valence-electron chi connectivity index (χ1n) is 8.10. The lowest BCUT2D eigenvalue weighted by Gasteiger charge is -2.40. The molecular formula is C17H26BrN3O2. The van der Waals surface area contributed by atoms with E-state index in [-0.39, 0.29) is 18.2 Å². The molecule has 1 amide bonds. The number of ether oxygens (including phenoxy) is 1. The lowest BCUT2D eigenvalue weighted by Crippen LogP contribution is -2.55. The molecule has 5 nitrogen and oxygen atoms in total. The molecule has 1 aliphatic heterocycles. The number of aromatic nitrogens is 1. The maximum absolute atomic E-state index is 12.3. The van der Waals surface area contributed by atoms with E-state index >= 15 is 0 Å². The van der Waals surface area contributed by atoms with Gasteiger partial charge in [-0.1, -0.05) is 0 Å². The van der Waals surface area contributed by atoms with Gasteiger partial charge in [-0.15, -0.1) is 0 Å². The smallest absolute Gasteiger partial charge is 0.410 e. The minimum atomic E-state index is -0.460. The van der Waals surface area contributed by atoms with E-state index in [1.54, 1.807) is 6.20 Å². The summed E-state index contributed by atoms with van der Waals surface area (Å²) in [6.07, 6.45) is 3.61. The summed E-state index contributed by atoms with van der Waals surface area (Å²) in [4.78, 5) is 18.6. The Morgan fingerprint density at radius 1 is 1.48 bits per heavy atom. The molecular weight excluding hydrogens is 358 g/mol. The fourth-order valence-electron chi connectivity index (χ4n) is 2.74. The number of carbonyl (C=O) groups is 1. The molecule has 23 heavy (non-hydrogen) atoms. The molecule has 0 bridgehead atoms. The van der Waals surface area contributed by atoms with E-state index in [1.165, 1.54) is 0 Å². The molecule has 2 unspecified atom stereocenters. The van der Waals surface area contributed by atoms with E-state index in [4.69, 9.17) is 4.74 Å². The maximum Gasteiger partial charge on any atom is 0.410 e. The Balaban J connectivity index is 1.92. The monoisotopic (exact) mass is 383 g/mol. The van der Waals surface area contributed by atoms with Crippen molar-refractivity contribution in [1.29, 1.82) is 0 Å². The third-order valence-electron chi connectivity index (χ3n) is 3.95. The van der Waals surface area contributed by atoms with E-state index in [1.807, 2.05) is 37.8 Å². The summed E-state index contributed by atoms with van der Waals surface area (Å²) in [6, 6.07) is 4.34. The van der Waals surface area contributed by atoms with Gasteiger partial charge in [0, 0.05) is 35.8 Å². The lowest BCUT2D eigenvalue weighted by molar-refractivity contribution is 0.00697. The molecule has 0 saturated carbocycles. The highest BCUT2D eigenvalue weighted by atomic mass is 79.9. The highest BCUT2D eigenvalue weighted by molar-refractivity contribution is 9.10. The highest BCUT2D eigenvalue weighted by Gasteiger charge is 2.33. The molecule has 0 radical (unpaired) electrons. The molecule has 1 aromatic heterocycles. The van der Waals surface area contributed by atoms with Crippen molar-refractivity contribution in [3.63, 3.8) is 0 Å². The van der Waals surface area contributed by atoms with Crippen LogP contribution in [0.25, 0.3) is 0 Å². The zero-order valence-electron chi connectivity index (χ0n) is 14.3. The zero-order valence-corrected chi connectivity index (χ0v) is 15.9. The summed E-state index contributed by atoms with van der Waals surface area (Å²) in [6.45, 7) is 9.22. The Bertz CT molecular complexity index is 528. The first kappa shape index (κ1) is 18.2. The highest BCUT2D eigenvalue weighted by Crippen LogP contribution is 2.21. The summed E-state index contributed by atoms with van der Waals surface area (Å²) in [5.74, 6) is 0. The minimum absolute atomic E-state index is 0.106. The van der Waals surface area contributed by atoms with Crippen LogP contribution in [0.2, 0.25) is 0 Å². The predicted molar refractivity (Wildman–Crippen MR) is 94.2 cm³/mol. The van der Waals surface area contributed by atoms with Crippen LogP contribution < -0.4 is 5.32 Å². The molecule has 1 saturated heterocycles. The topological polar surface area (TPSA) is 54.5 Å². The molecule has 1 aliphatic rings. The Kier molecular flexibility index (Phi) is 6.03. The second-order valence-corrected chi connectivity index (χ2v) is 7.93. The van der Waals surface area contributed by atoms with Crippen molar-refractivity contribution in [3.8, 4) is 0 Å². The van der Waals surface area contributed by atoms with Crippen LogP contribution in [0.5, 0.6) is 0 Å². The predicted octanol–water partition coefficient (Wildman–Crippen LogP) is 3.72. The number of nitrogens with zero attached hydrogens (tertiary/aromatic N) is 2. The number of amides is 1. The number of hydrogen-bond donors (Lipinski definition) is 1. The van der Waals surface area contributed by atoms with Crippen LogP contribution in [0.1, 0.15) is 46.2 Å². The summed E-state index contributed by atoms with van der Waals surface area (Å²) < 4.78 is 6.49. The number of piperidine rings is 1. The van der Waals surface area contributed by atoms with Crippen LogP contribution in [0.3, 0.4) is 0 Å². The van der Waals surface area contributed by atoms with Crippen LogP contribution in [0.15, 0.2) is 22.8 Å². The van der Waals surface area contributed by atoms with Crippen molar-refractivity contribution in [1.82, 2.24) is 15.2 Å². The largest absolute Gasteiger partial charge is 0.444 e. The molecule has 0 spiro atoms. The van der Waals surface area contributed by atoms with E-state index in [2.05, 4.69) is 33.2 Å². The van der Waals surface area contributed by atoms with Gasteiger partial charge in [0.15, 0.2) is 0 Å². The van der Waals surface area contributed by atoms with Gasteiger partial charge in [-0.2, -0.15) is 0 Å². The van der Waals surface area contributed by atoms with Crippen LogP contribution in [0.4, 0.5) is 4.79 Å². The Morgan fingerprint density at radius 3 is 2.83 bits per heavy atom. The van der Waals surface area contributed by atoms with Crippen molar-refractivity contribution in [2.24, 2.45) is 0 Å². The standard InChI is InChI=1S/C17H26BrN3O2/c1-12-15(20-11-14-8-7-13(18)10-19-14)6-5-9-21(12)16(22)23-17(2,3)4/h7-8,10,12,15,20H,5-6,9,11H2,1-4H3. The second-order valence-electron chi connectivity index (χ2n) is 7.01. The average molecular weight is 384 g/mol. The lowest BCUT2D eigenvalue weighted by atomic mass is 9.97. The number of likely N-dealkylation sites (tertiary alicyclic amines) is 1. The molecule has 1 aromatic rings. The number of nitrogens with one attached hydrogen (secondary N) is 1. The normalized spacial score (nSPS) is 22.0. The molecule has 2 rings (SSSR count). The zero-order chi connectivity index (χ0) is 17.0. The van der Waals surface area contributed by atoms with E-state index in [9.17, 15) is 4.79 Å². The van der Waals surface area contributed by atoms with Crippen LogP contribution >= 0.6 is 15.9 Å². The summed E-state index contributed by atoms with van der Waals surface area (Å²) in [5, 5.41) is 3.53. The quantitative estimate of drug-likeness (QED) is 0.863. The van der Waals surface area contributed by atoms with Gasteiger partial charge in [-0.3, -0.25) is 4.98 Å². The second kappa shape index (κ2) is 7.62. The third kappa shape index (κ3) is 5.46. The Hall–Kier alpha value is -1.14. The summed E-state index contributed by atoms with van der Waals surface area (Å²) in [7, 11) is 0. The molecule has 1 N–H and O–H groups in total. The number of hydrogen-bond acceptors (Lipinski definition) is 4. The van der Waals surface area contributed by atoms with Crippen LogP contribution in [-0.4, -0.2) is 40.2 Å². The fraction of sp³-hybridized carbons (Fsp3) is 0.647. The summed E-state index contributed by atoms with van der Waals surface area (Å²) in [5.41, 5.74) is 0.535. The van der Waals surface area contributed by atoms with Crippen molar-refractivity contribution in [2.75, 3.05) is 6.54 Å². The SMILES string of the molecule is CC1C(NCc2ccc(Br)cn2)CCCN1C(=O)OC(C)(C)C. The van der Waals surface area contributed by atoms with Crippen molar-refractivity contribution < 1.29 is 9.53 Å². The Labute approximate surface area is 146 Å². The van der Waals surface area contributed by atoms with E-state index < -0.39 is 5.60 Å². The molecule has 0 aliphatic carbocycles. The van der Waals surface area contributed by atoms with E-state index in [0.29, 0.717) is 6.54 Å². The minimum Gasteiger partial charge on any atom is -0.444 e. The first-order valence-corrected chi connectivity index (χ1v) is 8.89. The van der Waals surface area contributed by atoms with Gasteiger partial charge < -0.3 is 15.0 Å². The number of carbonyl (C=O) groups excluding carboxylic acids is 1. The number of rotatable bonds is 3. The summed E-state index contributed by atoms with van der Waals surface area (Å²) >= 11 is 3.39. The maximum atomic E-state index is 12.3. The van der Waals surface area contributed by atoms with Crippen molar-refractivity contribution in [3.05, 3.63) is 28.5 Å². The van der Waals surface area contributed by atoms with Gasteiger partial charge in [0.25, 0.3) is 0 Å². The van der Waals surface area contributed by atoms with Gasteiger partial charge >= 0.3 is 6.09 Å². The molecule has 2 heterocycles. The number of halogens is 1. The third-order valence-corrected chi connectivity index (χ3v) is 4.42. The van der Waals surface area contributed by atoms with Crippen LogP contribution in [0, 0.1) is 0 Å². The van der Waals surface area contributed by atoms with Crippen molar-refractivity contribution in [2.45, 2.75) is 64.8 Å². The van der Waals surface area contributed by atoms with E-state index in [0.717, 1.165) is 29.6 Å². The van der Waals surface area contributed by atoms with Gasteiger partial charge in [0.2, 0.25) is 0 Å². The molecule has 128 valence electrons. The Morgan fingerprint density at radius 2 is 2.22 bits per heavy atom. The van der Waals surface area contributed by atoms with Crippen LogP contribution in [-0.2, 0) is 11.3 Å².